The Labute approximate surface area is 109 Å². The van der Waals surface area contributed by atoms with Crippen LogP contribution in [-0.4, -0.2) is 17.4 Å². The Bertz CT molecular complexity index is 486. The maximum atomic E-state index is 12.5. The molecule has 1 fully saturated rings. The van der Waals surface area contributed by atoms with Gasteiger partial charge in [-0.05, 0) is 24.0 Å². The molecule has 96 valence electrons. The smallest absolute Gasteiger partial charge is 0.228 e. The lowest BCUT2D eigenvalue weighted by atomic mass is 9.74. The molecule has 2 bridgehead atoms. The minimum Gasteiger partial charge on any atom is -0.335 e. The van der Waals surface area contributed by atoms with Crippen LogP contribution in [0, 0.1) is 5.41 Å². The number of carbonyl (C=O) groups excluding carboxylic acids is 1. The Morgan fingerprint density at radius 1 is 1.17 bits per heavy atom. The Morgan fingerprint density at radius 3 is 2.50 bits per heavy atom. The molecule has 0 radical (unpaired) electrons. The highest BCUT2D eigenvalue weighted by atomic mass is 16.2. The van der Waals surface area contributed by atoms with Gasteiger partial charge in [0, 0.05) is 17.9 Å². The number of fused-ring (bicyclic) bond motifs is 2. The van der Waals surface area contributed by atoms with Crippen molar-refractivity contribution in [2.75, 3.05) is 6.54 Å². The second-order valence-electron chi connectivity index (χ2n) is 6.63. The number of hydrogen-bond donors (Lipinski definition) is 0. The van der Waals surface area contributed by atoms with Crippen molar-refractivity contribution in [1.29, 1.82) is 0 Å². The molecule has 4 rings (SSSR count). The molecule has 2 aliphatic heterocycles. The van der Waals surface area contributed by atoms with E-state index in [1.807, 2.05) is 20.8 Å². The van der Waals surface area contributed by atoms with Crippen molar-refractivity contribution in [3.63, 3.8) is 0 Å². The van der Waals surface area contributed by atoms with E-state index >= 15 is 0 Å². The number of hydrogen-bond acceptors (Lipinski definition) is 1. The van der Waals surface area contributed by atoms with E-state index < -0.39 is 0 Å². The summed E-state index contributed by atoms with van der Waals surface area (Å²) < 4.78 is 0. The van der Waals surface area contributed by atoms with E-state index in [1.165, 1.54) is 17.5 Å². The summed E-state index contributed by atoms with van der Waals surface area (Å²) in [5, 5.41) is 0. The normalized spacial score (nSPS) is 26.1. The van der Waals surface area contributed by atoms with Gasteiger partial charge in [0.2, 0.25) is 5.91 Å². The highest BCUT2D eigenvalue weighted by Gasteiger charge is 2.42. The van der Waals surface area contributed by atoms with E-state index in [-0.39, 0.29) is 5.41 Å². The lowest BCUT2D eigenvalue weighted by Crippen LogP contribution is -2.49. The minimum atomic E-state index is -0.271. The van der Waals surface area contributed by atoms with Gasteiger partial charge in [0.1, 0.15) is 0 Å². The lowest BCUT2D eigenvalue weighted by molar-refractivity contribution is -0.144. The van der Waals surface area contributed by atoms with E-state index in [0.717, 1.165) is 13.0 Å². The van der Waals surface area contributed by atoms with E-state index in [4.69, 9.17) is 0 Å². The molecule has 1 saturated heterocycles. The fourth-order valence-corrected chi connectivity index (χ4v) is 3.39. The monoisotopic (exact) mass is 243 g/mol. The highest BCUT2D eigenvalue weighted by molar-refractivity contribution is 5.82. The van der Waals surface area contributed by atoms with Crippen molar-refractivity contribution < 1.29 is 4.79 Å². The number of benzene rings is 1. The summed E-state index contributed by atoms with van der Waals surface area (Å²) in [6.45, 7) is 6.97. The number of nitrogens with zero attached hydrogens (tertiary/aromatic N) is 1. The van der Waals surface area contributed by atoms with Gasteiger partial charge < -0.3 is 4.90 Å². The molecule has 2 heteroatoms. The molecular formula is C16H21NO. The van der Waals surface area contributed by atoms with E-state index in [0.29, 0.717) is 17.9 Å². The molecule has 1 amide bonds. The second kappa shape index (κ2) is 3.84. The van der Waals surface area contributed by atoms with Crippen molar-refractivity contribution >= 4 is 5.91 Å². The third-order valence-corrected chi connectivity index (χ3v) is 4.28. The van der Waals surface area contributed by atoms with Gasteiger partial charge in [0.15, 0.2) is 0 Å². The Hall–Kier alpha value is -1.31. The molecule has 0 spiro atoms. The maximum absolute atomic E-state index is 12.5. The van der Waals surface area contributed by atoms with E-state index in [1.54, 1.807) is 0 Å². The van der Waals surface area contributed by atoms with Crippen molar-refractivity contribution in [3.05, 3.63) is 35.4 Å². The SMILES string of the molecule is CC(C)(C)C(=O)N1CC2CCC1c1ccccc12. The molecule has 18 heavy (non-hydrogen) atoms. The predicted molar refractivity (Wildman–Crippen MR) is 72.3 cm³/mol. The average Bonchev–Trinajstić information content (AvgIpc) is 2.37. The van der Waals surface area contributed by atoms with Crippen molar-refractivity contribution in [2.45, 2.75) is 45.6 Å². The van der Waals surface area contributed by atoms with Crippen molar-refractivity contribution in [1.82, 2.24) is 4.90 Å². The first-order valence-corrected chi connectivity index (χ1v) is 6.88. The van der Waals surface area contributed by atoms with Crippen LogP contribution >= 0.6 is 0 Å². The zero-order valence-electron chi connectivity index (χ0n) is 11.4. The largest absolute Gasteiger partial charge is 0.335 e. The van der Waals surface area contributed by atoms with Gasteiger partial charge in [-0.3, -0.25) is 4.79 Å². The molecule has 1 aromatic carbocycles. The summed E-state index contributed by atoms with van der Waals surface area (Å²) in [5.41, 5.74) is 2.59. The summed E-state index contributed by atoms with van der Waals surface area (Å²) in [4.78, 5) is 14.7. The van der Waals surface area contributed by atoms with Crippen LogP contribution in [0.3, 0.4) is 0 Å². The van der Waals surface area contributed by atoms with Gasteiger partial charge in [-0.25, -0.2) is 0 Å². The molecule has 2 atom stereocenters. The molecule has 0 aromatic heterocycles. The first-order chi connectivity index (χ1) is 8.48. The molecule has 2 nitrogen and oxygen atoms in total. The third kappa shape index (κ3) is 1.66. The Balaban J connectivity index is 1.98. The number of rotatable bonds is 0. The summed E-state index contributed by atoms with van der Waals surface area (Å²) >= 11 is 0. The second-order valence-corrected chi connectivity index (χ2v) is 6.63. The fourth-order valence-electron chi connectivity index (χ4n) is 3.39. The summed E-state index contributed by atoms with van der Waals surface area (Å²) in [5.74, 6) is 0.851. The van der Waals surface area contributed by atoms with Crippen LogP contribution in [0.2, 0.25) is 0 Å². The van der Waals surface area contributed by atoms with E-state index in [9.17, 15) is 4.79 Å². The van der Waals surface area contributed by atoms with Gasteiger partial charge in [-0.1, -0.05) is 45.0 Å². The quantitative estimate of drug-likeness (QED) is 0.683. The third-order valence-electron chi connectivity index (χ3n) is 4.28. The van der Waals surface area contributed by atoms with Gasteiger partial charge in [-0.2, -0.15) is 0 Å². The van der Waals surface area contributed by atoms with Crippen LogP contribution in [0.25, 0.3) is 0 Å². The molecule has 2 unspecified atom stereocenters. The van der Waals surface area contributed by atoms with Crippen molar-refractivity contribution in [2.24, 2.45) is 5.41 Å². The Kier molecular flexibility index (Phi) is 2.51. The van der Waals surface area contributed by atoms with Gasteiger partial charge in [0.05, 0.1) is 6.04 Å². The molecule has 2 heterocycles. The summed E-state index contributed by atoms with van der Waals surface area (Å²) in [6, 6.07) is 8.98. The minimum absolute atomic E-state index is 0.271. The van der Waals surface area contributed by atoms with Crippen LogP contribution in [0.1, 0.15) is 56.7 Å². The fraction of sp³-hybridized carbons (Fsp3) is 0.562. The van der Waals surface area contributed by atoms with Crippen LogP contribution in [0.5, 0.6) is 0 Å². The summed E-state index contributed by atoms with van der Waals surface area (Å²) in [7, 11) is 0. The number of carbonyl (C=O) groups is 1. The summed E-state index contributed by atoms with van der Waals surface area (Å²) in [6.07, 6.45) is 2.36. The van der Waals surface area contributed by atoms with Gasteiger partial charge >= 0.3 is 0 Å². The van der Waals surface area contributed by atoms with Gasteiger partial charge in [0.25, 0.3) is 0 Å². The van der Waals surface area contributed by atoms with Crippen LogP contribution in [0.15, 0.2) is 24.3 Å². The van der Waals surface area contributed by atoms with Crippen LogP contribution < -0.4 is 0 Å². The van der Waals surface area contributed by atoms with Crippen molar-refractivity contribution in [3.8, 4) is 0 Å². The number of amides is 1. The van der Waals surface area contributed by atoms with Crippen LogP contribution in [0.4, 0.5) is 0 Å². The standard InChI is InChI=1S/C16H21NO/c1-16(2,3)15(18)17-10-11-8-9-14(17)13-7-5-4-6-12(11)13/h4-7,11,14H,8-10H2,1-3H3. The maximum Gasteiger partial charge on any atom is 0.228 e. The van der Waals surface area contributed by atoms with Gasteiger partial charge in [-0.15, -0.1) is 0 Å². The average molecular weight is 243 g/mol. The van der Waals surface area contributed by atoms with Crippen LogP contribution in [-0.2, 0) is 4.79 Å². The number of piperidine rings is 1. The first-order valence-electron chi connectivity index (χ1n) is 6.88. The predicted octanol–water partition coefficient (Wildman–Crippen LogP) is 3.49. The zero-order chi connectivity index (χ0) is 12.9. The Morgan fingerprint density at radius 2 is 1.83 bits per heavy atom. The molecular weight excluding hydrogens is 222 g/mol. The zero-order valence-corrected chi connectivity index (χ0v) is 11.4. The topological polar surface area (TPSA) is 20.3 Å². The molecule has 0 saturated carbocycles. The molecule has 1 aliphatic carbocycles. The van der Waals surface area contributed by atoms with E-state index in [2.05, 4.69) is 29.2 Å². The highest BCUT2D eigenvalue weighted by Crippen LogP contribution is 2.47. The lowest BCUT2D eigenvalue weighted by Gasteiger charge is -2.48. The first kappa shape index (κ1) is 11.8. The molecule has 3 aliphatic rings. The molecule has 1 aromatic rings. The molecule has 0 N–H and O–H groups in total.